The van der Waals surface area contributed by atoms with Crippen LogP contribution in [0.4, 0.5) is 13.2 Å². The fourth-order valence-corrected chi connectivity index (χ4v) is 1.60. The predicted molar refractivity (Wildman–Crippen MR) is 63.1 cm³/mol. The van der Waals surface area contributed by atoms with Crippen molar-refractivity contribution in [1.82, 2.24) is 4.90 Å². The summed E-state index contributed by atoms with van der Waals surface area (Å²) < 4.78 is 37.0. The minimum Gasteiger partial charge on any atom is -0.298 e. The number of nitrogens with zero attached hydrogens (tertiary/aromatic N) is 1. The maximum atomic E-state index is 12.3. The first-order valence-corrected chi connectivity index (χ1v) is 5.80. The average molecular weight is 266 g/mol. The van der Waals surface area contributed by atoms with Gasteiger partial charge in [-0.15, -0.1) is 11.6 Å². The van der Waals surface area contributed by atoms with Crippen LogP contribution in [0.1, 0.15) is 18.1 Å². The fourth-order valence-electron chi connectivity index (χ4n) is 1.36. The zero-order chi connectivity index (χ0) is 13.1. The highest BCUT2D eigenvalue weighted by atomic mass is 35.5. The number of hydrogen-bond acceptors (Lipinski definition) is 1. The molecule has 0 saturated carbocycles. The van der Waals surface area contributed by atoms with Crippen molar-refractivity contribution in [2.24, 2.45) is 0 Å². The molecule has 0 aliphatic rings. The molecular weight excluding hydrogens is 251 g/mol. The van der Waals surface area contributed by atoms with Gasteiger partial charge in [-0.3, -0.25) is 4.90 Å². The molecule has 0 heterocycles. The first-order chi connectivity index (χ1) is 7.84. The molecular formula is C12H15ClF3N. The van der Waals surface area contributed by atoms with Crippen LogP contribution in [-0.2, 0) is 12.7 Å². The number of halogens is 4. The van der Waals surface area contributed by atoms with Gasteiger partial charge in [0, 0.05) is 18.5 Å². The highest BCUT2D eigenvalue weighted by Gasteiger charge is 2.29. The van der Waals surface area contributed by atoms with E-state index in [1.54, 1.807) is 0 Å². The van der Waals surface area contributed by atoms with Crippen molar-refractivity contribution in [3.8, 4) is 0 Å². The molecule has 0 aliphatic carbocycles. The van der Waals surface area contributed by atoms with E-state index in [0.717, 1.165) is 17.7 Å². The molecule has 1 aromatic carbocycles. The highest BCUT2D eigenvalue weighted by Crippen LogP contribution is 2.29. The normalized spacial score (nSPS) is 14.1. The van der Waals surface area contributed by atoms with Gasteiger partial charge in [-0.2, -0.15) is 13.2 Å². The zero-order valence-electron chi connectivity index (χ0n) is 9.76. The quantitative estimate of drug-likeness (QED) is 0.749. The van der Waals surface area contributed by atoms with E-state index in [4.69, 9.17) is 11.6 Å². The van der Waals surface area contributed by atoms with Gasteiger partial charge >= 0.3 is 6.18 Å². The molecule has 1 atom stereocenters. The van der Waals surface area contributed by atoms with Crippen LogP contribution < -0.4 is 0 Å². The molecule has 0 amide bonds. The second-order valence-electron chi connectivity index (χ2n) is 4.11. The number of rotatable bonds is 4. The first kappa shape index (κ1) is 14.3. The van der Waals surface area contributed by atoms with Gasteiger partial charge in [0.25, 0.3) is 0 Å². The maximum absolute atomic E-state index is 12.3. The highest BCUT2D eigenvalue weighted by molar-refractivity contribution is 6.18. The minimum atomic E-state index is -4.27. The third-order valence-corrected chi connectivity index (χ3v) is 3.14. The second-order valence-corrected chi connectivity index (χ2v) is 4.42. The Balaban J connectivity index is 2.69. The number of alkyl halides is 4. The molecule has 0 saturated heterocycles. The lowest BCUT2D eigenvalue weighted by Crippen LogP contribution is -2.29. The summed E-state index contributed by atoms with van der Waals surface area (Å²) in [6.07, 6.45) is -4.27. The molecule has 5 heteroatoms. The van der Waals surface area contributed by atoms with Crippen LogP contribution >= 0.6 is 11.6 Å². The van der Waals surface area contributed by atoms with Gasteiger partial charge in [0.15, 0.2) is 0 Å². The summed E-state index contributed by atoms with van der Waals surface area (Å²) in [6, 6.07) is 5.41. The van der Waals surface area contributed by atoms with Crippen molar-refractivity contribution < 1.29 is 13.2 Å². The van der Waals surface area contributed by atoms with Crippen LogP contribution in [0.25, 0.3) is 0 Å². The Labute approximate surface area is 104 Å². The third kappa shape index (κ3) is 4.21. The van der Waals surface area contributed by atoms with Crippen LogP contribution in [0.3, 0.4) is 0 Å². The lowest BCUT2D eigenvalue weighted by Gasteiger charge is -2.22. The minimum absolute atomic E-state index is 0.193. The van der Waals surface area contributed by atoms with Gasteiger partial charge in [0.2, 0.25) is 0 Å². The third-order valence-electron chi connectivity index (χ3n) is 2.69. The molecule has 0 aromatic heterocycles. The molecule has 0 bridgehead atoms. The topological polar surface area (TPSA) is 3.24 Å². The van der Waals surface area contributed by atoms with Crippen molar-refractivity contribution in [2.45, 2.75) is 25.7 Å². The molecule has 1 unspecified atom stereocenters. The summed E-state index contributed by atoms with van der Waals surface area (Å²) >= 11 is 5.71. The Hall–Kier alpha value is -0.740. The Morgan fingerprint density at radius 3 is 2.18 bits per heavy atom. The monoisotopic (exact) mass is 265 g/mol. The molecule has 0 N–H and O–H groups in total. The predicted octanol–water partition coefficient (Wildman–Crippen LogP) is 3.76. The Kier molecular flexibility index (Phi) is 4.83. The van der Waals surface area contributed by atoms with E-state index in [9.17, 15) is 13.2 Å². The van der Waals surface area contributed by atoms with Crippen molar-refractivity contribution in [3.05, 3.63) is 35.4 Å². The lowest BCUT2D eigenvalue weighted by atomic mass is 10.1. The van der Waals surface area contributed by atoms with E-state index in [1.807, 2.05) is 18.9 Å². The summed E-state index contributed by atoms with van der Waals surface area (Å²) in [5.41, 5.74) is 0.228. The summed E-state index contributed by atoms with van der Waals surface area (Å²) in [5, 5.41) is 0. The molecule has 0 aliphatic heterocycles. The largest absolute Gasteiger partial charge is 0.416 e. The fraction of sp³-hybridized carbons (Fsp3) is 0.500. The average Bonchev–Trinajstić information content (AvgIpc) is 2.27. The standard InChI is InChI=1S/C12H15ClF3N/c1-9(7-13)17(2)8-10-3-5-11(6-4-10)12(14,15)16/h3-6,9H,7-8H2,1-2H3. The number of hydrogen-bond donors (Lipinski definition) is 0. The van der Waals surface area contributed by atoms with Gasteiger partial charge in [0.05, 0.1) is 5.56 Å². The summed E-state index contributed by atoms with van der Waals surface area (Å²) in [7, 11) is 1.89. The molecule has 0 fully saturated rings. The van der Waals surface area contributed by atoms with Gasteiger partial charge in [-0.05, 0) is 31.7 Å². The van der Waals surface area contributed by atoms with Crippen molar-refractivity contribution in [2.75, 3.05) is 12.9 Å². The Bertz CT molecular complexity index is 348. The molecule has 1 rings (SSSR count). The molecule has 96 valence electrons. The summed E-state index contributed by atoms with van der Waals surface area (Å²) in [5.74, 6) is 0.497. The molecule has 17 heavy (non-hydrogen) atoms. The Morgan fingerprint density at radius 1 is 1.24 bits per heavy atom. The van der Waals surface area contributed by atoms with E-state index in [0.29, 0.717) is 12.4 Å². The molecule has 0 radical (unpaired) electrons. The SMILES string of the molecule is CC(CCl)N(C)Cc1ccc(C(F)(F)F)cc1. The summed E-state index contributed by atoms with van der Waals surface area (Å²) in [4.78, 5) is 2.00. The van der Waals surface area contributed by atoms with Gasteiger partial charge in [-0.25, -0.2) is 0 Å². The van der Waals surface area contributed by atoms with E-state index in [1.165, 1.54) is 12.1 Å². The maximum Gasteiger partial charge on any atom is 0.416 e. The van der Waals surface area contributed by atoms with Crippen LogP contribution in [0.5, 0.6) is 0 Å². The lowest BCUT2D eigenvalue weighted by molar-refractivity contribution is -0.137. The zero-order valence-corrected chi connectivity index (χ0v) is 10.5. The second kappa shape index (κ2) is 5.74. The molecule has 1 nitrogen and oxygen atoms in total. The van der Waals surface area contributed by atoms with Crippen LogP contribution in [0, 0.1) is 0 Å². The van der Waals surface area contributed by atoms with E-state index < -0.39 is 11.7 Å². The molecule has 0 spiro atoms. The van der Waals surface area contributed by atoms with E-state index >= 15 is 0 Å². The van der Waals surface area contributed by atoms with E-state index in [2.05, 4.69) is 0 Å². The van der Waals surface area contributed by atoms with Crippen LogP contribution in [0.2, 0.25) is 0 Å². The summed E-state index contributed by atoms with van der Waals surface area (Å²) in [6.45, 7) is 2.56. The Morgan fingerprint density at radius 2 is 1.76 bits per heavy atom. The van der Waals surface area contributed by atoms with Gasteiger partial charge in [-0.1, -0.05) is 12.1 Å². The molecule has 1 aromatic rings. The van der Waals surface area contributed by atoms with Crippen LogP contribution in [0.15, 0.2) is 24.3 Å². The number of benzene rings is 1. The first-order valence-electron chi connectivity index (χ1n) is 5.27. The van der Waals surface area contributed by atoms with Crippen molar-refractivity contribution in [3.63, 3.8) is 0 Å². The van der Waals surface area contributed by atoms with Crippen molar-refractivity contribution >= 4 is 11.6 Å². The smallest absolute Gasteiger partial charge is 0.298 e. The van der Waals surface area contributed by atoms with Crippen molar-refractivity contribution in [1.29, 1.82) is 0 Å². The van der Waals surface area contributed by atoms with E-state index in [-0.39, 0.29) is 6.04 Å². The van der Waals surface area contributed by atoms with Gasteiger partial charge in [0.1, 0.15) is 0 Å². The van der Waals surface area contributed by atoms with Crippen LogP contribution in [-0.4, -0.2) is 23.9 Å². The van der Waals surface area contributed by atoms with Gasteiger partial charge < -0.3 is 0 Å².